The van der Waals surface area contributed by atoms with Crippen LogP contribution in [0.15, 0.2) is 72.3 Å². The van der Waals surface area contributed by atoms with Crippen molar-refractivity contribution in [1.82, 2.24) is 15.5 Å². The molecule has 8 N–H and O–H groups in total. The summed E-state index contributed by atoms with van der Waals surface area (Å²) in [5.41, 5.74) is 15.4. The van der Waals surface area contributed by atoms with Gasteiger partial charge >= 0.3 is 12.0 Å². The topological polar surface area (TPSA) is 169 Å². The van der Waals surface area contributed by atoms with Gasteiger partial charge in [-0.1, -0.05) is 24.8 Å². The molecule has 0 aliphatic carbocycles. The molecule has 0 radical (unpaired) electrons. The quantitative estimate of drug-likeness (QED) is 0.194. The van der Waals surface area contributed by atoms with E-state index in [1.54, 1.807) is 43.4 Å². The van der Waals surface area contributed by atoms with Gasteiger partial charge in [-0.3, -0.25) is 14.9 Å². The fourth-order valence-corrected chi connectivity index (χ4v) is 4.77. The van der Waals surface area contributed by atoms with Gasteiger partial charge in [-0.25, -0.2) is 15.1 Å². The van der Waals surface area contributed by atoms with Gasteiger partial charge in [0, 0.05) is 24.3 Å². The average Bonchev–Trinajstić information content (AvgIpc) is 3.21. The Labute approximate surface area is 220 Å². The van der Waals surface area contributed by atoms with Gasteiger partial charge in [0.2, 0.25) is 5.91 Å². The predicted molar refractivity (Wildman–Crippen MR) is 146 cm³/mol. The van der Waals surface area contributed by atoms with E-state index in [4.69, 9.17) is 11.5 Å². The Kier molecular flexibility index (Phi) is 7.86. The number of hydrogen-bond acceptors (Lipinski definition) is 4. The van der Waals surface area contributed by atoms with Gasteiger partial charge in [-0.2, -0.15) is 0 Å². The Morgan fingerprint density at radius 3 is 2.45 bits per heavy atom. The molecule has 196 valence electrons. The normalized spacial score (nSPS) is 18.9. The molecule has 38 heavy (non-hydrogen) atoms. The summed E-state index contributed by atoms with van der Waals surface area (Å²) in [6, 6.07) is 13.6. The molecule has 0 aromatic heterocycles. The second-order valence-corrected chi connectivity index (χ2v) is 8.91. The number of hydrogen-bond donors (Lipinski definition) is 6. The summed E-state index contributed by atoms with van der Waals surface area (Å²) in [6.45, 7) is 3.64. The molecule has 2 aliphatic heterocycles. The van der Waals surface area contributed by atoms with Gasteiger partial charge in [0.1, 0.15) is 5.69 Å². The molecule has 0 spiro atoms. The highest BCUT2D eigenvalue weighted by Gasteiger charge is 2.40. The third-order valence-corrected chi connectivity index (χ3v) is 6.49. The summed E-state index contributed by atoms with van der Waals surface area (Å²) in [7, 11) is 1.55. The molecule has 2 unspecified atom stereocenters. The minimum Gasteiger partial charge on any atom is -0.355 e. The van der Waals surface area contributed by atoms with Crippen LogP contribution >= 0.6 is 0 Å². The van der Waals surface area contributed by atoms with Crippen LogP contribution < -0.4 is 32.4 Å². The number of carbonyl (C=O) groups excluding carboxylic acids is 3. The lowest BCUT2D eigenvalue weighted by Crippen LogP contribution is -2.85. The first-order chi connectivity index (χ1) is 18.3. The monoisotopic (exact) mass is 515 g/mol. The Balaban J connectivity index is 1.34. The molecule has 4 amide bonds. The van der Waals surface area contributed by atoms with E-state index in [2.05, 4.69) is 38.6 Å². The number of urea groups is 1. The van der Waals surface area contributed by atoms with E-state index in [-0.39, 0.29) is 35.8 Å². The largest absolute Gasteiger partial charge is 0.360 e. The van der Waals surface area contributed by atoms with Crippen LogP contribution in [0.5, 0.6) is 0 Å². The molecule has 0 saturated carbocycles. The van der Waals surface area contributed by atoms with Crippen LogP contribution in [0.4, 0.5) is 16.2 Å². The van der Waals surface area contributed by atoms with Gasteiger partial charge in [-0.05, 0) is 72.9 Å². The smallest absolute Gasteiger partial charge is 0.355 e. The van der Waals surface area contributed by atoms with Crippen LogP contribution in [0.25, 0.3) is 5.57 Å². The number of nitrogens with zero attached hydrogens (tertiary/aromatic N) is 2. The molecule has 4 rings (SSSR count). The molecule has 11 nitrogen and oxygen atoms in total. The number of carbonyl (C=O) groups is 3. The Hall–Kier alpha value is -4.93. The number of nitrogens with one attached hydrogen (secondary N) is 4. The van der Waals surface area contributed by atoms with E-state index >= 15 is 0 Å². The average molecular weight is 516 g/mol. The number of nitrogens with two attached hydrogens (primary N) is 2. The molecule has 11 heteroatoms. The van der Waals surface area contributed by atoms with E-state index in [0.29, 0.717) is 16.9 Å². The summed E-state index contributed by atoms with van der Waals surface area (Å²) in [6.07, 6.45) is 6.31. The van der Waals surface area contributed by atoms with Crippen LogP contribution in [0.2, 0.25) is 0 Å². The lowest BCUT2D eigenvalue weighted by molar-refractivity contribution is -0.321. The summed E-state index contributed by atoms with van der Waals surface area (Å²) >= 11 is 0. The molecular formula is C27H31N8O3+. The van der Waals surface area contributed by atoms with Crippen LogP contribution in [-0.2, 0) is 4.79 Å². The van der Waals surface area contributed by atoms with Crippen molar-refractivity contribution < 1.29 is 19.4 Å². The van der Waals surface area contributed by atoms with Crippen molar-refractivity contribution in [1.29, 1.82) is 0 Å². The number of anilines is 1. The minimum atomic E-state index is -0.566. The Bertz CT molecular complexity index is 1330. The minimum absolute atomic E-state index is 0.0369. The van der Waals surface area contributed by atoms with E-state index in [1.807, 2.05) is 17.0 Å². The van der Waals surface area contributed by atoms with Gasteiger partial charge in [0.25, 0.3) is 11.9 Å². The van der Waals surface area contributed by atoms with E-state index < -0.39 is 6.03 Å². The van der Waals surface area contributed by atoms with Crippen molar-refractivity contribution in [3.8, 4) is 0 Å². The highest BCUT2D eigenvalue weighted by molar-refractivity contribution is 6.01. The molecule has 2 atom stereocenters. The third kappa shape index (κ3) is 5.89. The molecule has 1 fully saturated rings. The summed E-state index contributed by atoms with van der Waals surface area (Å²) in [5, 5.41) is 7.70. The van der Waals surface area contributed by atoms with Crippen LogP contribution in [0.3, 0.4) is 0 Å². The Morgan fingerprint density at radius 1 is 1.08 bits per heavy atom. The SMILES string of the molecule is C=CC(=O)N1C2CC=C(c3ccc(NC(=O)N/C(N)=[NH+]\C(N)=Nc4ccc(C(=O)NC)cc4)cc3)C1CC2. The lowest BCUT2D eigenvalue weighted by atomic mass is 9.94. The van der Waals surface area contributed by atoms with Gasteiger partial charge in [0.15, 0.2) is 0 Å². The van der Waals surface area contributed by atoms with Crippen LogP contribution in [-0.4, -0.2) is 53.8 Å². The summed E-state index contributed by atoms with van der Waals surface area (Å²) in [4.78, 5) is 45.0. The fourth-order valence-electron chi connectivity index (χ4n) is 4.77. The van der Waals surface area contributed by atoms with Gasteiger partial charge < -0.3 is 21.7 Å². The maximum absolute atomic E-state index is 12.4. The number of guanidine groups is 2. The standard InChI is InChI=1S/C27H30N8O3/c1-3-23(36)35-20-12-14-21(22(35)15-13-20)16-4-8-19(9-5-16)32-27(38)34-26(29)33-25(28)31-18-10-6-17(7-11-18)24(37)30-2/h3-11,14,20,22H,1,12-13,15H2,2H3,(H,30,37)(H6,28,29,31,32,33,34,38)/p+1. The maximum atomic E-state index is 12.4. The zero-order valence-electron chi connectivity index (χ0n) is 21.0. The number of fused-ring (bicyclic) bond motifs is 2. The van der Waals surface area contributed by atoms with E-state index in [0.717, 1.165) is 30.4 Å². The first kappa shape index (κ1) is 26.1. The number of rotatable bonds is 5. The van der Waals surface area contributed by atoms with Crippen LogP contribution in [0, 0.1) is 0 Å². The second-order valence-electron chi connectivity index (χ2n) is 8.91. The molecule has 2 aromatic rings. The number of aliphatic imine (C=N–C) groups is 1. The molecule has 2 heterocycles. The lowest BCUT2D eigenvalue weighted by Gasteiger charge is -2.34. The van der Waals surface area contributed by atoms with Gasteiger partial charge in [0.05, 0.1) is 6.04 Å². The predicted octanol–water partition coefficient (Wildman–Crippen LogP) is 0.542. The highest BCUT2D eigenvalue weighted by Crippen LogP contribution is 2.40. The number of benzene rings is 2. The fraction of sp³-hybridized carbons (Fsp3) is 0.222. The summed E-state index contributed by atoms with van der Waals surface area (Å²) < 4.78 is 0. The van der Waals surface area contributed by atoms with E-state index in [1.165, 1.54) is 6.08 Å². The van der Waals surface area contributed by atoms with Crippen molar-refractivity contribution in [2.75, 3.05) is 12.4 Å². The zero-order valence-corrected chi connectivity index (χ0v) is 21.0. The Morgan fingerprint density at radius 2 is 1.79 bits per heavy atom. The van der Waals surface area contributed by atoms with Crippen molar-refractivity contribution in [3.05, 3.63) is 78.4 Å². The van der Waals surface area contributed by atoms with Crippen LogP contribution in [0.1, 0.15) is 35.2 Å². The van der Waals surface area contributed by atoms with Crippen molar-refractivity contribution in [3.63, 3.8) is 0 Å². The molecular weight excluding hydrogens is 484 g/mol. The molecule has 2 aromatic carbocycles. The molecule has 2 bridgehead atoms. The summed E-state index contributed by atoms with van der Waals surface area (Å²) in [5.74, 6) is -0.403. The first-order valence-electron chi connectivity index (χ1n) is 12.2. The first-order valence-corrected chi connectivity index (χ1v) is 12.2. The maximum Gasteiger partial charge on any atom is 0.360 e. The highest BCUT2D eigenvalue weighted by atomic mass is 16.2. The zero-order chi connectivity index (χ0) is 27.2. The second kappa shape index (κ2) is 11.4. The van der Waals surface area contributed by atoms with Crippen molar-refractivity contribution in [2.24, 2.45) is 16.5 Å². The third-order valence-electron chi connectivity index (χ3n) is 6.49. The van der Waals surface area contributed by atoms with Gasteiger partial charge in [-0.15, -0.1) is 4.99 Å². The van der Waals surface area contributed by atoms with E-state index in [9.17, 15) is 14.4 Å². The molecule has 1 saturated heterocycles. The van der Waals surface area contributed by atoms with Crippen molar-refractivity contribution in [2.45, 2.75) is 31.3 Å². The van der Waals surface area contributed by atoms with Crippen molar-refractivity contribution >= 4 is 46.7 Å². The molecule has 2 aliphatic rings. The number of amides is 4.